The summed E-state index contributed by atoms with van der Waals surface area (Å²) in [5.41, 5.74) is 1.82. The molecule has 0 saturated carbocycles. The maximum atomic E-state index is 6.20. The smallest absolute Gasteiger partial charge is 0.225 e. The van der Waals surface area contributed by atoms with Crippen LogP contribution in [0.1, 0.15) is 11.4 Å². The summed E-state index contributed by atoms with van der Waals surface area (Å²) in [5, 5.41) is 8.45. The first-order valence-electron chi connectivity index (χ1n) is 6.77. The first-order valence-corrected chi connectivity index (χ1v) is 7.53. The molecule has 0 aromatic carbocycles. The van der Waals surface area contributed by atoms with E-state index in [-0.39, 0.29) is 0 Å². The SMILES string of the molecule is Cc1[nH]nc(CN2CCN(c3ncc(Cl)cn3)CC2)c1Cl. The molecular weight excluding hydrogens is 311 g/mol. The highest BCUT2D eigenvalue weighted by molar-refractivity contribution is 6.31. The second kappa shape index (κ2) is 6.17. The Labute approximate surface area is 133 Å². The number of hydrogen-bond donors (Lipinski definition) is 1. The van der Waals surface area contributed by atoms with Gasteiger partial charge in [0.05, 0.1) is 33.8 Å². The van der Waals surface area contributed by atoms with Gasteiger partial charge in [-0.05, 0) is 6.92 Å². The largest absolute Gasteiger partial charge is 0.338 e. The van der Waals surface area contributed by atoms with Crippen molar-refractivity contribution in [3.63, 3.8) is 0 Å². The molecule has 21 heavy (non-hydrogen) atoms. The molecule has 0 radical (unpaired) electrons. The second-order valence-corrected chi connectivity index (χ2v) is 5.89. The van der Waals surface area contributed by atoms with Gasteiger partial charge < -0.3 is 4.90 Å². The van der Waals surface area contributed by atoms with Gasteiger partial charge in [-0.25, -0.2) is 9.97 Å². The molecular formula is C13H16Cl2N6. The molecule has 6 nitrogen and oxygen atoms in total. The fraction of sp³-hybridized carbons (Fsp3) is 0.462. The maximum Gasteiger partial charge on any atom is 0.225 e. The summed E-state index contributed by atoms with van der Waals surface area (Å²) < 4.78 is 0. The second-order valence-electron chi connectivity index (χ2n) is 5.07. The van der Waals surface area contributed by atoms with Gasteiger partial charge in [0.15, 0.2) is 0 Å². The molecule has 2 aromatic heterocycles. The van der Waals surface area contributed by atoms with Crippen molar-refractivity contribution in [1.82, 2.24) is 25.1 Å². The minimum Gasteiger partial charge on any atom is -0.338 e. The summed E-state index contributed by atoms with van der Waals surface area (Å²) in [4.78, 5) is 13.0. The number of nitrogens with zero attached hydrogens (tertiary/aromatic N) is 5. The molecule has 2 aromatic rings. The van der Waals surface area contributed by atoms with Crippen LogP contribution in [0.5, 0.6) is 0 Å². The van der Waals surface area contributed by atoms with E-state index in [1.54, 1.807) is 12.4 Å². The number of anilines is 1. The molecule has 8 heteroatoms. The molecule has 1 aliphatic rings. The van der Waals surface area contributed by atoms with E-state index in [0.717, 1.165) is 55.1 Å². The molecule has 3 rings (SSSR count). The number of nitrogens with one attached hydrogen (secondary N) is 1. The van der Waals surface area contributed by atoms with Gasteiger partial charge in [0, 0.05) is 32.7 Å². The summed E-state index contributed by atoms with van der Waals surface area (Å²) in [5.74, 6) is 0.729. The molecule has 3 heterocycles. The predicted octanol–water partition coefficient (Wildman–Crippen LogP) is 2.14. The highest BCUT2D eigenvalue weighted by atomic mass is 35.5. The van der Waals surface area contributed by atoms with Crippen molar-refractivity contribution in [2.24, 2.45) is 0 Å². The van der Waals surface area contributed by atoms with Crippen LogP contribution in [-0.2, 0) is 6.54 Å². The third-order valence-corrected chi connectivity index (χ3v) is 4.27. The molecule has 112 valence electrons. The lowest BCUT2D eigenvalue weighted by Crippen LogP contribution is -2.46. The van der Waals surface area contributed by atoms with Crippen molar-refractivity contribution in [2.75, 3.05) is 31.1 Å². The first-order chi connectivity index (χ1) is 10.1. The van der Waals surface area contributed by atoms with Crippen molar-refractivity contribution in [2.45, 2.75) is 13.5 Å². The maximum absolute atomic E-state index is 6.20. The first kappa shape index (κ1) is 14.6. The van der Waals surface area contributed by atoms with E-state index < -0.39 is 0 Å². The molecule has 0 atom stereocenters. The number of aryl methyl sites for hydroxylation is 1. The monoisotopic (exact) mass is 326 g/mol. The molecule has 0 aliphatic carbocycles. The van der Waals surface area contributed by atoms with Gasteiger partial charge in [-0.3, -0.25) is 10.00 Å². The number of rotatable bonds is 3. The van der Waals surface area contributed by atoms with E-state index in [4.69, 9.17) is 23.2 Å². The molecule has 1 N–H and O–H groups in total. The summed E-state index contributed by atoms with van der Waals surface area (Å²) in [6.07, 6.45) is 3.26. The Balaban J connectivity index is 1.58. The van der Waals surface area contributed by atoms with Gasteiger partial charge >= 0.3 is 0 Å². The Morgan fingerprint density at radius 1 is 1.14 bits per heavy atom. The van der Waals surface area contributed by atoms with E-state index in [1.807, 2.05) is 6.92 Å². The molecule has 1 fully saturated rings. The topological polar surface area (TPSA) is 60.9 Å². The van der Waals surface area contributed by atoms with Gasteiger partial charge in [0.25, 0.3) is 0 Å². The van der Waals surface area contributed by atoms with Crippen LogP contribution in [-0.4, -0.2) is 51.2 Å². The third-order valence-electron chi connectivity index (χ3n) is 3.58. The van der Waals surface area contributed by atoms with E-state index in [2.05, 4.69) is 30.0 Å². The predicted molar refractivity (Wildman–Crippen MR) is 82.9 cm³/mol. The number of halogens is 2. The van der Waals surface area contributed by atoms with Crippen LogP contribution in [0.15, 0.2) is 12.4 Å². The third kappa shape index (κ3) is 3.28. The highest BCUT2D eigenvalue weighted by Crippen LogP contribution is 2.20. The Kier molecular flexibility index (Phi) is 4.28. The van der Waals surface area contributed by atoms with Gasteiger partial charge in [0.2, 0.25) is 5.95 Å². The quantitative estimate of drug-likeness (QED) is 0.936. The molecule has 0 unspecified atom stereocenters. The van der Waals surface area contributed by atoms with E-state index in [9.17, 15) is 0 Å². The summed E-state index contributed by atoms with van der Waals surface area (Å²) in [7, 11) is 0. The minimum atomic E-state index is 0.556. The van der Waals surface area contributed by atoms with Gasteiger partial charge in [-0.1, -0.05) is 23.2 Å². The van der Waals surface area contributed by atoms with E-state index in [1.165, 1.54) is 0 Å². The lowest BCUT2D eigenvalue weighted by Gasteiger charge is -2.34. The fourth-order valence-corrected chi connectivity index (χ4v) is 2.60. The Morgan fingerprint density at radius 2 is 1.81 bits per heavy atom. The Bertz CT molecular complexity index is 604. The van der Waals surface area contributed by atoms with Gasteiger partial charge in [-0.2, -0.15) is 5.10 Å². The van der Waals surface area contributed by atoms with Crippen LogP contribution in [0.25, 0.3) is 0 Å². The highest BCUT2D eigenvalue weighted by Gasteiger charge is 2.20. The lowest BCUT2D eigenvalue weighted by molar-refractivity contribution is 0.246. The van der Waals surface area contributed by atoms with Crippen molar-refractivity contribution < 1.29 is 0 Å². The minimum absolute atomic E-state index is 0.556. The van der Waals surface area contributed by atoms with Gasteiger partial charge in [-0.15, -0.1) is 0 Å². The van der Waals surface area contributed by atoms with E-state index >= 15 is 0 Å². The van der Waals surface area contributed by atoms with Crippen LogP contribution in [0.4, 0.5) is 5.95 Å². The van der Waals surface area contributed by atoms with Crippen molar-refractivity contribution >= 4 is 29.2 Å². The zero-order valence-corrected chi connectivity index (χ0v) is 13.2. The summed E-state index contributed by atoms with van der Waals surface area (Å²) in [6, 6.07) is 0. The standard InChI is InChI=1S/C13H16Cl2N6/c1-9-12(15)11(19-18-9)8-20-2-4-21(5-3-20)13-16-6-10(14)7-17-13/h6-7H,2-5,8H2,1H3,(H,18,19). The number of hydrogen-bond acceptors (Lipinski definition) is 5. The Morgan fingerprint density at radius 3 is 2.38 bits per heavy atom. The van der Waals surface area contributed by atoms with Gasteiger partial charge in [0.1, 0.15) is 0 Å². The molecule has 0 amide bonds. The zero-order chi connectivity index (χ0) is 14.8. The number of piperazine rings is 1. The number of aromatic amines is 1. The van der Waals surface area contributed by atoms with Crippen LogP contribution in [0.2, 0.25) is 10.0 Å². The van der Waals surface area contributed by atoms with Crippen molar-refractivity contribution in [3.05, 3.63) is 33.8 Å². The molecule has 0 bridgehead atoms. The lowest BCUT2D eigenvalue weighted by atomic mass is 10.3. The molecule has 1 saturated heterocycles. The average molecular weight is 327 g/mol. The Hall–Kier alpha value is -1.37. The molecule has 0 spiro atoms. The van der Waals surface area contributed by atoms with Crippen LogP contribution < -0.4 is 4.90 Å². The summed E-state index contributed by atoms with van der Waals surface area (Å²) in [6.45, 7) is 6.29. The molecule has 1 aliphatic heterocycles. The number of aromatic nitrogens is 4. The fourth-order valence-electron chi connectivity index (χ4n) is 2.36. The summed E-state index contributed by atoms with van der Waals surface area (Å²) >= 11 is 12.0. The van der Waals surface area contributed by atoms with Crippen LogP contribution in [0, 0.1) is 6.92 Å². The normalized spacial score (nSPS) is 16.4. The van der Waals surface area contributed by atoms with Crippen molar-refractivity contribution in [1.29, 1.82) is 0 Å². The number of H-pyrrole nitrogens is 1. The van der Waals surface area contributed by atoms with Crippen molar-refractivity contribution in [3.8, 4) is 0 Å². The van der Waals surface area contributed by atoms with E-state index in [0.29, 0.717) is 5.02 Å². The van der Waals surface area contributed by atoms with Crippen LogP contribution in [0.3, 0.4) is 0 Å². The van der Waals surface area contributed by atoms with Crippen LogP contribution >= 0.6 is 23.2 Å². The zero-order valence-electron chi connectivity index (χ0n) is 11.7. The average Bonchev–Trinajstić information content (AvgIpc) is 2.81.